The summed E-state index contributed by atoms with van der Waals surface area (Å²) < 4.78 is 65.0. The highest BCUT2D eigenvalue weighted by Gasteiger charge is 2.40. The molecule has 0 amide bonds. The van der Waals surface area contributed by atoms with Gasteiger partial charge in [-0.15, -0.1) is 0 Å². The van der Waals surface area contributed by atoms with Gasteiger partial charge in [0, 0.05) is 0 Å². The van der Waals surface area contributed by atoms with Gasteiger partial charge >= 0.3 is 6.11 Å². The Morgan fingerprint density at radius 3 is 2.06 bits per heavy atom. The van der Waals surface area contributed by atoms with Gasteiger partial charge in [0.25, 0.3) is 0 Å². The molecule has 0 spiro atoms. The standard InChI is InChI=1S/C31H40F4O/c1-4-5-22-8-12-26(13-9-22)27-18-19-28(30(33)29(27)32)31(34,35)36-21(3)23-14-16-25(17-15-23)24-10-6-20(2)7-11-24/h14-22,24,26H,4-13H2,1-3H3. The summed E-state index contributed by atoms with van der Waals surface area (Å²) in [6.07, 6.45) is 5.51. The zero-order valence-electron chi connectivity index (χ0n) is 21.8. The van der Waals surface area contributed by atoms with Crippen molar-refractivity contribution in [3.05, 3.63) is 70.3 Å². The van der Waals surface area contributed by atoms with E-state index in [1.54, 1.807) is 0 Å². The van der Waals surface area contributed by atoms with Crippen LogP contribution in [0.5, 0.6) is 0 Å². The largest absolute Gasteiger partial charge is 0.386 e. The van der Waals surface area contributed by atoms with Gasteiger partial charge in [-0.2, -0.15) is 8.78 Å². The summed E-state index contributed by atoms with van der Waals surface area (Å²) in [7, 11) is 0. The molecular formula is C31H40F4O. The Bertz CT molecular complexity index is 986. The SMILES string of the molecule is CCCC1CCC(c2ccc(C(F)(F)OC(C)c3ccc(C4CCC(C)CC4)cc3)c(F)c2F)CC1. The first-order chi connectivity index (χ1) is 17.2. The van der Waals surface area contributed by atoms with E-state index < -0.39 is 29.4 Å². The van der Waals surface area contributed by atoms with Crippen molar-refractivity contribution in [3.8, 4) is 0 Å². The third kappa shape index (κ3) is 6.15. The summed E-state index contributed by atoms with van der Waals surface area (Å²) in [5.74, 6) is -0.892. The van der Waals surface area contributed by atoms with Gasteiger partial charge in [0.1, 0.15) is 0 Å². The van der Waals surface area contributed by atoms with Gasteiger partial charge in [-0.05, 0) is 91.9 Å². The molecule has 1 atom stereocenters. The van der Waals surface area contributed by atoms with Crippen molar-refractivity contribution in [2.24, 2.45) is 11.8 Å². The Morgan fingerprint density at radius 1 is 0.833 bits per heavy atom. The summed E-state index contributed by atoms with van der Waals surface area (Å²) in [6.45, 7) is 5.94. The summed E-state index contributed by atoms with van der Waals surface area (Å²) in [5, 5.41) is 0. The minimum Gasteiger partial charge on any atom is -0.309 e. The van der Waals surface area contributed by atoms with Crippen LogP contribution in [-0.2, 0) is 10.8 Å². The molecule has 0 aromatic heterocycles. The van der Waals surface area contributed by atoms with Crippen LogP contribution in [0, 0.1) is 23.5 Å². The second-order valence-corrected chi connectivity index (χ2v) is 11.2. The van der Waals surface area contributed by atoms with Gasteiger partial charge in [0.2, 0.25) is 0 Å². The summed E-state index contributed by atoms with van der Waals surface area (Å²) in [6, 6.07) is 9.93. The van der Waals surface area contributed by atoms with Crippen LogP contribution < -0.4 is 0 Å². The van der Waals surface area contributed by atoms with Gasteiger partial charge in [-0.1, -0.05) is 69.9 Å². The first kappa shape index (κ1) is 27.2. The van der Waals surface area contributed by atoms with E-state index in [4.69, 9.17) is 4.74 Å². The van der Waals surface area contributed by atoms with Crippen LogP contribution in [0.15, 0.2) is 36.4 Å². The van der Waals surface area contributed by atoms with Crippen molar-refractivity contribution < 1.29 is 22.3 Å². The molecule has 36 heavy (non-hydrogen) atoms. The second kappa shape index (κ2) is 11.7. The van der Waals surface area contributed by atoms with Gasteiger partial charge in [0.15, 0.2) is 11.6 Å². The van der Waals surface area contributed by atoms with Crippen molar-refractivity contribution >= 4 is 0 Å². The maximum Gasteiger partial charge on any atom is 0.386 e. The molecule has 2 fully saturated rings. The van der Waals surface area contributed by atoms with E-state index in [1.807, 2.05) is 24.3 Å². The lowest BCUT2D eigenvalue weighted by molar-refractivity contribution is -0.273. The number of ether oxygens (including phenoxy) is 1. The van der Waals surface area contributed by atoms with Crippen LogP contribution in [0.4, 0.5) is 17.6 Å². The smallest absolute Gasteiger partial charge is 0.309 e. The fourth-order valence-electron chi connectivity index (χ4n) is 6.26. The molecule has 2 aliphatic rings. The van der Waals surface area contributed by atoms with Gasteiger partial charge in [-0.3, -0.25) is 0 Å². The molecule has 0 saturated heterocycles. The lowest BCUT2D eigenvalue weighted by Crippen LogP contribution is -2.23. The van der Waals surface area contributed by atoms with E-state index in [0.717, 1.165) is 63.4 Å². The molecule has 198 valence electrons. The summed E-state index contributed by atoms with van der Waals surface area (Å²) in [5.41, 5.74) is 0.979. The van der Waals surface area contributed by atoms with Crippen molar-refractivity contribution in [3.63, 3.8) is 0 Å². The molecule has 2 saturated carbocycles. The van der Waals surface area contributed by atoms with Gasteiger partial charge in [-0.25, -0.2) is 8.78 Å². The van der Waals surface area contributed by atoms with Crippen LogP contribution in [0.2, 0.25) is 0 Å². The van der Waals surface area contributed by atoms with Crippen LogP contribution in [0.1, 0.15) is 125 Å². The lowest BCUT2D eigenvalue weighted by Gasteiger charge is -2.29. The molecule has 2 aliphatic carbocycles. The third-order valence-electron chi connectivity index (χ3n) is 8.63. The number of hydrogen-bond donors (Lipinski definition) is 0. The normalized spacial score (nSPS) is 26.1. The molecule has 2 aromatic carbocycles. The first-order valence-corrected chi connectivity index (χ1v) is 13.8. The quantitative estimate of drug-likeness (QED) is 0.325. The maximum atomic E-state index is 15.0. The maximum absolute atomic E-state index is 15.0. The fraction of sp³-hybridized carbons (Fsp3) is 0.613. The zero-order chi connectivity index (χ0) is 25.9. The Morgan fingerprint density at radius 2 is 1.44 bits per heavy atom. The molecule has 4 rings (SSSR count). The monoisotopic (exact) mass is 504 g/mol. The van der Waals surface area contributed by atoms with E-state index >= 15 is 8.78 Å². The number of rotatable bonds is 8. The number of benzene rings is 2. The molecule has 2 aromatic rings. The van der Waals surface area contributed by atoms with Gasteiger partial charge < -0.3 is 4.74 Å². The predicted molar refractivity (Wildman–Crippen MR) is 136 cm³/mol. The average molecular weight is 505 g/mol. The lowest BCUT2D eigenvalue weighted by atomic mass is 9.77. The van der Waals surface area contributed by atoms with Crippen molar-refractivity contribution in [2.75, 3.05) is 0 Å². The number of alkyl halides is 2. The first-order valence-electron chi connectivity index (χ1n) is 13.8. The topological polar surface area (TPSA) is 9.23 Å². The Balaban J connectivity index is 1.42. The Kier molecular flexibility index (Phi) is 8.80. The van der Waals surface area contributed by atoms with Crippen molar-refractivity contribution in [2.45, 2.75) is 109 Å². The van der Waals surface area contributed by atoms with Crippen LogP contribution in [-0.4, -0.2) is 0 Å². The fourth-order valence-corrected chi connectivity index (χ4v) is 6.26. The summed E-state index contributed by atoms with van der Waals surface area (Å²) >= 11 is 0. The highest BCUT2D eigenvalue weighted by molar-refractivity contribution is 5.32. The molecular weight excluding hydrogens is 464 g/mol. The number of halogens is 4. The molecule has 5 heteroatoms. The molecule has 0 bridgehead atoms. The van der Waals surface area contributed by atoms with E-state index in [0.29, 0.717) is 17.4 Å². The molecule has 1 nitrogen and oxygen atoms in total. The van der Waals surface area contributed by atoms with Crippen LogP contribution in [0.25, 0.3) is 0 Å². The minimum atomic E-state index is -3.94. The van der Waals surface area contributed by atoms with Crippen LogP contribution in [0.3, 0.4) is 0 Å². The van der Waals surface area contributed by atoms with E-state index in [2.05, 4.69) is 13.8 Å². The highest BCUT2D eigenvalue weighted by atomic mass is 19.3. The number of hydrogen-bond acceptors (Lipinski definition) is 1. The highest BCUT2D eigenvalue weighted by Crippen LogP contribution is 2.42. The zero-order valence-corrected chi connectivity index (χ0v) is 21.8. The van der Waals surface area contributed by atoms with Crippen molar-refractivity contribution in [1.82, 2.24) is 0 Å². The van der Waals surface area contributed by atoms with E-state index in [1.165, 1.54) is 31.4 Å². The van der Waals surface area contributed by atoms with Crippen LogP contribution >= 0.6 is 0 Å². The molecule has 0 N–H and O–H groups in total. The molecule has 0 heterocycles. The molecule has 0 aliphatic heterocycles. The predicted octanol–water partition coefficient (Wildman–Crippen LogP) is 10.2. The molecule has 0 radical (unpaired) electrons. The van der Waals surface area contributed by atoms with E-state index in [-0.39, 0.29) is 11.5 Å². The van der Waals surface area contributed by atoms with Gasteiger partial charge in [0.05, 0.1) is 11.7 Å². The Labute approximate surface area is 213 Å². The third-order valence-corrected chi connectivity index (χ3v) is 8.63. The summed E-state index contributed by atoms with van der Waals surface area (Å²) in [4.78, 5) is 0. The Hall–Kier alpha value is -1.88. The average Bonchev–Trinajstić information content (AvgIpc) is 2.86. The minimum absolute atomic E-state index is 0.124. The second-order valence-electron chi connectivity index (χ2n) is 11.2. The van der Waals surface area contributed by atoms with Crippen molar-refractivity contribution in [1.29, 1.82) is 0 Å². The molecule has 1 unspecified atom stereocenters. The van der Waals surface area contributed by atoms with E-state index in [9.17, 15) is 8.78 Å².